The van der Waals surface area contributed by atoms with Gasteiger partial charge in [-0.2, -0.15) is 0 Å². The molecular weight excluding hydrogens is 553 g/mol. The Bertz CT molecular complexity index is 1360. The highest BCUT2D eigenvalue weighted by atomic mass is 35.5. The zero-order valence-electron chi connectivity index (χ0n) is 23.1. The molecule has 0 aromatic heterocycles. The summed E-state index contributed by atoms with van der Waals surface area (Å²) in [5.74, 6) is 0.0154. The van der Waals surface area contributed by atoms with Gasteiger partial charge < -0.3 is 9.64 Å². The van der Waals surface area contributed by atoms with Gasteiger partial charge in [0.05, 0.1) is 10.0 Å². The summed E-state index contributed by atoms with van der Waals surface area (Å²) in [5.41, 5.74) is 4.71. The fourth-order valence-electron chi connectivity index (χ4n) is 6.41. The minimum atomic E-state index is -0.502. The Morgan fingerprint density at radius 1 is 0.821 bits per heavy atom. The third-order valence-electron chi connectivity index (χ3n) is 8.02. The molecule has 0 atom stereocenters. The van der Waals surface area contributed by atoms with Crippen LogP contribution in [-0.2, 0) is 16.2 Å². The summed E-state index contributed by atoms with van der Waals surface area (Å²) in [6.45, 7) is 11.5. The lowest BCUT2D eigenvalue weighted by Gasteiger charge is -2.49. The van der Waals surface area contributed by atoms with E-state index in [-0.39, 0.29) is 29.0 Å². The zero-order chi connectivity index (χ0) is 28.3. The zero-order valence-corrected chi connectivity index (χ0v) is 25.4. The number of hydrogen-bond acceptors (Lipinski definition) is 4. The van der Waals surface area contributed by atoms with Crippen LogP contribution in [0.25, 0.3) is 0 Å². The first kappa shape index (κ1) is 28.3. The van der Waals surface area contributed by atoms with E-state index in [1.807, 2.05) is 18.2 Å². The summed E-state index contributed by atoms with van der Waals surface area (Å²) in [4.78, 5) is 29.8. The highest BCUT2D eigenvalue weighted by Gasteiger charge is 2.48. The van der Waals surface area contributed by atoms with E-state index >= 15 is 0 Å². The van der Waals surface area contributed by atoms with E-state index in [2.05, 4.69) is 39.5 Å². The number of rotatable bonds is 5. The number of hydrogen-bond donors (Lipinski definition) is 0. The number of carbonyl (C=O) groups is 2. The standard InChI is InChI=1S/C32H34Cl3NO3/c1-6-36-23-13-31(2,3)15-25(37)28(23)27(29-24(36)14-32(4,5)16-26(29)38)19-11-21(34)30(22(35)12-19)39-17-18-9-7-8-10-20(18)33/h7-12,27H,6,13-17H2,1-5H3. The number of halogens is 3. The molecule has 39 heavy (non-hydrogen) atoms. The van der Waals surface area contributed by atoms with Gasteiger partial charge in [-0.25, -0.2) is 0 Å². The largest absolute Gasteiger partial charge is 0.486 e. The second-order valence-electron chi connectivity index (χ2n) is 12.5. The first-order valence-corrected chi connectivity index (χ1v) is 14.6. The Morgan fingerprint density at radius 3 is 1.82 bits per heavy atom. The van der Waals surface area contributed by atoms with E-state index in [4.69, 9.17) is 39.5 Å². The van der Waals surface area contributed by atoms with E-state index < -0.39 is 5.92 Å². The van der Waals surface area contributed by atoms with E-state index in [9.17, 15) is 9.59 Å². The van der Waals surface area contributed by atoms with Gasteiger partial charge in [0, 0.05) is 58.4 Å². The van der Waals surface area contributed by atoms with Gasteiger partial charge in [0.25, 0.3) is 0 Å². The van der Waals surface area contributed by atoms with Gasteiger partial charge >= 0.3 is 0 Å². The van der Waals surface area contributed by atoms with Crippen LogP contribution in [0.4, 0.5) is 0 Å². The maximum atomic E-state index is 13.8. The number of ether oxygens (including phenoxy) is 1. The highest BCUT2D eigenvalue weighted by Crippen LogP contribution is 2.55. The van der Waals surface area contributed by atoms with Crippen LogP contribution in [0.3, 0.4) is 0 Å². The SMILES string of the molecule is CCN1C2=C(C(=O)CC(C)(C)C2)C(c2cc(Cl)c(OCc3ccccc3Cl)c(Cl)c2)C2=C1CC(C)(C)CC2=O. The molecule has 1 heterocycles. The second kappa shape index (κ2) is 10.3. The molecule has 0 saturated carbocycles. The predicted octanol–water partition coefficient (Wildman–Crippen LogP) is 8.93. The molecular formula is C32H34Cl3NO3. The lowest BCUT2D eigenvalue weighted by atomic mass is 9.63. The van der Waals surface area contributed by atoms with Gasteiger partial charge in [0.1, 0.15) is 6.61 Å². The van der Waals surface area contributed by atoms with Crippen molar-refractivity contribution >= 4 is 46.4 Å². The average molecular weight is 587 g/mol. The number of allylic oxidation sites excluding steroid dienone is 4. The van der Waals surface area contributed by atoms with Crippen LogP contribution in [0.15, 0.2) is 58.9 Å². The Morgan fingerprint density at radius 2 is 1.33 bits per heavy atom. The van der Waals surface area contributed by atoms with E-state index in [1.165, 1.54) is 0 Å². The highest BCUT2D eigenvalue weighted by molar-refractivity contribution is 6.37. The summed E-state index contributed by atoms with van der Waals surface area (Å²) in [5, 5.41) is 1.26. The fourth-order valence-corrected chi connectivity index (χ4v) is 7.22. The summed E-state index contributed by atoms with van der Waals surface area (Å²) >= 11 is 19.8. The van der Waals surface area contributed by atoms with Gasteiger partial charge in [-0.1, -0.05) is 80.7 Å². The Labute approximate surface area is 245 Å². The molecule has 5 rings (SSSR count). The van der Waals surface area contributed by atoms with Crippen LogP contribution in [0.5, 0.6) is 5.75 Å². The van der Waals surface area contributed by atoms with Gasteiger partial charge in [-0.3, -0.25) is 9.59 Å². The smallest absolute Gasteiger partial charge is 0.162 e. The molecule has 0 unspecified atom stereocenters. The molecule has 2 aliphatic carbocycles. The maximum Gasteiger partial charge on any atom is 0.162 e. The third-order valence-corrected chi connectivity index (χ3v) is 8.95. The molecule has 0 bridgehead atoms. The lowest BCUT2D eigenvalue weighted by Crippen LogP contribution is -2.44. The predicted molar refractivity (Wildman–Crippen MR) is 157 cm³/mol. The van der Waals surface area contributed by atoms with Crippen molar-refractivity contribution < 1.29 is 14.3 Å². The van der Waals surface area contributed by atoms with Gasteiger partial charge in [-0.05, 0) is 54.4 Å². The molecule has 2 aromatic carbocycles. The Kier molecular flexibility index (Phi) is 7.45. The monoisotopic (exact) mass is 585 g/mol. The molecule has 0 saturated heterocycles. The van der Waals surface area contributed by atoms with Crippen molar-refractivity contribution in [2.75, 3.05) is 6.54 Å². The number of ketones is 2. The normalized spacial score (nSPS) is 20.8. The molecule has 0 spiro atoms. The molecule has 3 aliphatic rings. The van der Waals surface area contributed by atoms with Crippen molar-refractivity contribution in [1.29, 1.82) is 0 Å². The Balaban J connectivity index is 1.63. The Hall–Kier alpha value is -2.27. The number of Topliss-reactive ketones (excluding diaryl/α,β-unsaturated/α-hetero) is 2. The van der Waals surface area contributed by atoms with E-state index in [0.717, 1.165) is 35.4 Å². The molecule has 1 aliphatic heterocycles. The summed E-state index contributed by atoms with van der Waals surface area (Å²) in [7, 11) is 0. The van der Waals surface area contributed by atoms with Crippen LogP contribution in [0.2, 0.25) is 15.1 Å². The quantitative estimate of drug-likeness (QED) is 0.351. The van der Waals surface area contributed by atoms with Gasteiger partial charge in [0.2, 0.25) is 0 Å². The molecule has 0 radical (unpaired) electrons. The van der Waals surface area contributed by atoms with Crippen molar-refractivity contribution in [3.63, 3.8) is 0 Å². The van der Waals surface area contributed by atoms with Gasteiger partial charge in [0.15, 0.2) is 17.3 Å². The van der Waals surface area contributed by atoms with Crippen LogP contribution < -0.4 is 4.74 Å². The third kappa shape index (κ3) is 5.28. The van der Waals surface area contributed by atoms with Gasteiger partial charge in [-0.15, -0.1) is 0 Å². The minimum absolute atomic E-state index is 0.0835. The van der Waals surface area contributed by atoms with E-state index in [1.54, 1.807) is 18.2 Å². The van der Waals surface area contributed by atoms with Crippen LogP contribution in [-0.4, -0.2) is 23.0 Å². The number of benzene rings is 2. The second-order valence-corrected chi connectivity index (χ2v) is 13.7. The first-order chi connectivity index (χ1) is 18.3. The molecule has 0 amide bonds. The molecule has 0 fully saturated rings. The maximum absolute atomic E-state index is 13.8. The molecule has 2 aromatic rings. The summed E-state index contributed by atoms with van der Waals surface area (Å²) in [6, 6.07) is 11.0. The molecule has 4 nitrogen and oxygen atoms in total. The van der Waals surface area contributed by atoms with Crippen molar-refractivity contribution in [2.45, 2.75) is 72.8 Å². The number of carbonyl (C=O) groups excluding carboxylic acids is 2. The first-order valence-electron chi connectivity index (χ1n) is 13.5. The van der Waals surface area contributed by atoms with Crippen LogP contribution in [0, 0.1) is 10.8 Å². The topological polar surface area (TPSA) is 46.6 Å². The van der Waals surface area contributed by atoms with Crippen LogP contribution in [0.1, 0.15) is 77.3 Å². The van der Waals surface area contributed by atoms with Crippen molar-refractivity contribution in [2.24, 2.45) is 10.8 Å². The van der Waals surface area contributed by atoms with Crippen molar-refractivity contribution in [3.05, 3.63) is 85.1 Å². The summed E-state index contributed by atoms with van der Waals surface area (Å²) < 4.78 is 6.01. The molecule has 206 valence electrons. The van der Waals surface area contributed by atoms with Crippen molar-refractivity contribution in [3.8, 4) is 5.75 Å². The molecule has 0 N–H and O–H groups in total. The fraction of sp³-hybridized carbons (Fsp3) is 0.438. The lowest BCUT2D eigenvalue weighted by molar-refractivity contribution is -0.119. The average Bonchev–Trinajstić information content (AvgIpc) is 2.81. The minimum Gasteiger partial charge on any atom is -0.486 e. The number of nitrogens with zero attached hydrogens (tertiary/aromatic N) is 1. The summed E-state index contributed by atoms with van der Waals surface area (Å²) in [6.07, 6.45) is 2.40. The molecule has 7 heteroatoms. The van der Waals surface area contributed by atoms with Crippen LogP contribution >= 0.6 is 34.8 Å². The van der Waals surface area contributed by atoms with Crippen molar-refractivity contribution in [1.82, 2.24) is 4.90 Å². The van der Waals surface area contributed by atoms with E-state index in [0.29, 0.717) is 51.4 Å².